The lowest BCUT2D eigenvalue weighted by Crippen LogP contribution is -2.46. The van der Waals surface area contributed by atoms with Gasteiger partial charge < -0.3 is 14.8 Å². The molecule has 1 N–H and O–H groups in total. The van der Waals surface area contributed by atoms with Crippen molar-refractivity contribution in [2.75, 3.05) is 26.9 Å². The van der Waals surface area contributed by atoms with Gasteiger partial charge in [-0.2, -0.15) is 0 Å². The van der Waals surface area contributed by atoms with Gasteiger partial charge in [-0.15, -0.1) is 0 Å². The Kier molecular flexibility index (Phi) is 6.09. The first-order valence-electron chi connectivity index (χ1n) is 7.25. The first-order valence-corrected chi connectivity index (χ1v) is 7.25. The first kappa shape index (κ1) is 15.9. The lowest BCUT2D eigenvalue weighted by Gasteiger charge is -2.36. The van der Waals surface area contributed by atoms with Gasteiger partial charge in [0.05, 0.1) is 6.10 Å². The van der Waals surface area contributed by atoms with E-state index in [1.54, 1.807) is 7.11 Å². The number of nitrogens with one attached hydrogen (secondary N) is 1. The van der Waals surface area contributed by atoms with Crippen molar-refractivity contribution in [3.63, 3.8) is 0 Å². The third kappa shape index (κ3) is 4.87. The normalized spacial score (nSPS) is 28.8. The topological polar surface area (TPSA) is 30.5 Å². The Labute approximate surface area is 113 Å². The molecule has 0 aliphatic carbocycles. The van der Waals surface area contributed by atoms with Gasteiger partial charge in [0.2, 0.25) is 0 Å². The van der Waals surface area contributed by atoms with Crippen molar-refractivity contribution in [3.05, 3.63) is 0 Å². The summed E-state index contributed by atoms with van der Waals surface area (Å²) in [4.78, 5) is 0. The van der Waals surface area contributed by atoms with Crippen LogP contribution in [0.4, 0.5) is 0 Å². The predicted octanol–water partition coefficient (Wildman–Crippen LogP) is 2.99. The molecule has 1 heterocycles. The SMILES string of the molecule is COCCCCC1(CNC(C)(C)C)CCOC1C. The summed E-state index contributed by atoms with van der Waals surface area (Å²) in [7, 11) is 1.78. The van der Waals surface area contributed by atoms with Gasteiger partial charge in [-0.25, -0.2) is 0 Å². The fourth-order valence-electron chi connectivity index (χ4n) is 2.63. The Hall–Kier alpha value is -0.120. The summed E-state index contributed by atoms with van der Waals surface area (Å²) >= 11 is 0. The highest BCUT2D eigenvalue weighted by Gasteiger charge is 2.41. The van der Waals surface area contributed by atoms with Crippen molar-refractivity contribution in [2.45, 2.75) is 65.0 Å². The second kappa shape index (κ2) is 6.88. The molecule has 3 heteroatoms. The van der Waals surface area contributed by atoms with Gasteiger partial charge in [0, 0.05) is 37.8 Å². The van der Waals surface area contributed by atoms with Gasteiger partial charge in [-0.3, -0.25) is 0 Å². The molecule has 108 valence electrons. The summed E-state index contributed by atoms with van der Waals surface area (Å²) in [6.45, 7) is 11.8. The van der Waals surface area contributed by atoms with Crippen LogP contribution in [-0.2, 0) is 9.47 Å². The molecule has 0 radical (unpaired) electrons. The van der Waals surface area contributed by atoms with Crippen molar-refractivity contribution in [3.8, 4) is 0 Å². The highest BCUT2D eigenvalue weighted by atomic mass is 16.5. The first-order chi connectivity index (χ1) is 8.40. The van der Waals surface area contributed by atoms with Crippen molar-refractivity contribution >= 4 is 0 Å². The van der Waals surface area contributed by atoms with Crippen LogP contribution in [0.15, 0.2) is 0 Å². The zero-order chi connectivity index (χ0) is 13.6. The van der Waals surface area contributed by atoms with Gasteiger partial charge in [-0.05, 0) is 47.0 Å². The number of unbranched alkanes of at least 4 members (excludes halogenated alkanes) is 1. The molecule has 2 atom stereocenters. The highest BCUT2D eigenvalue weighted by molar-refractivity contribution is 4.93. The smallest absolute Gasteiger partial charge is 0.0616 e. The van der Waals surface area contributed by atoms with Crippen molar-refractivity contribution in [2.24, 2.45) is 5.41 Å². The van der Waals surface area contributed by atoms with Gasteiger partial charge in [-0.1, -0.05) is 6.42 Å². The maximum absolute atomic E-state index is 5.82. The van der Waals surface area contributed by atoms with Crippen LogP contribution in [0.25, 0.3) is 0 Å². The van der Waals surface area contributed by atoms with E-state index in [1.165, 1.54) is 19.3 Å². The molecule has 0 spiro atoms. The molecule has 1 saturated heterocycles. The van der Waals surface area contributed by atoms with Gasteiger partial charge in [0.1, 0.15) is 0 Å². The number of rotatable bonds is 7. The van der Waals surface area contributed by atoms with E-state index in [4.69, 9.17) is 9.47 Å². The molecule has 1 rings (SSSR count). The monoisotopic (exact) mass is 257 g/mol. The van der Waals surface area contributed by atoms with Crippen LogP contribution in [0.1, 0.15) is 53.4 Å². The molecule has 1 aliphatic rings. The Balaban J connectivity index is 2.48. The van der Waals surface area contributed by atoms with Crippen molar-refractivity contribution in [1.82, 2.24) is 5.32 Å². The summed E-state index contributed by atoms with van der Waals surface area (Å²) in [5.41, 5.74) is 0.503. The lowest BCUT2D eigenvalue weighted by atomic mass is 9.76. The zero-order valence-electron chi connectivity index (χ0n) is 12.8. The van der Waals surface area contributed by atoms with Crippen LogP contribution < -0.4 is 5.32 Å². The molecule has 0 saturated carbocycles. The fourth-order valence-corrected chi connectivity index (χ4v) is 2.63. The summed E-state index contributed by atoms with van der Waals surface area (Å²) in [5.74, 6) is 0. The number of hydrogen-bond acceptors (Lipinski definition) is 3. The fraction of sp³-hybridized carbons (Fsp3) is 1.00. The van der Waals surface area contributed by atoms with E-state index in [0.717, 1.165) is 26.2 Å². The van der Waals surface area contributed by atoms with Crippen molar-refractivity contribution in [1.29, 1.82) is 0 Å². The summed E-state index contributed by atoms with van der Waals surface area (Å²) in [6, 6.07) is 0. The molecule has 3 nitrogen and oxygen atoms in total. The standard InChI is InChI=1S/C15H31NO2/c1-13-15(9-11-18-13,8-6-7-10-17-5)12-16-14(2,3)4/h13,16H,6-12H2,1-5H3. The maximum Gasteiger partial charge on any atom is 0.0616 e. The molecule has 1 fully saturated rings. The third-order valence-corrected chi connectivity index (χ3v) is 4.07. The molecule has 0 amide bonds. The average Bonchev–Trinajstić information content (AvgIpc) is 2.64. The number of ether oxygens (including phenoxy) is 2. The van der Waals surface area contributed by atoms with Crippen LogP contribution in [0.5, 0.6) is 0 Å². The second-order valence-corrected chi connectivity index (χ2v) is 6.68. The van der Waals surface area contributed by atoms with Gasteiger partial charge >= 0.3 is 0 Å². The summed E-state index contributed by atoms with van der Waals surface area (Å²) in [6.07, 6.45) is 5.17. The minimum absolute atomic E-state index is 0.182. The van der Waals surface area contributed by atoms with Crippen molar-refractivity contribution < 1.29 is 9.47 Å². The van der Waals surface area contributed by atoms with E-state index >= 15 is 0 Å². The Bertz CT molecular complexity index is 237. The molecule has 0 bridgehead atoms. The second-order valence-electron chi connectivity index (χ2n) is 6.68. The predicted molar refractivity (Wildman–Crippen MR) is 75.9 cm³/mol. The summed E-state index contributed by atoms with van der Waals surface area (Å²) in [5, 5.41) is 3.66. The van der Waals surface area contributed by atoms with E-state index in [-0.39, 0.29) is 5.54 Å². The molecule has 0 aromatic heterocycles. The van der Waals surface area contributed by atoms with Crippen LogP contribution >= 0.6 is 0 Å². The number of hydrogen-bond donors (Lipinski definition) is 1. The van der Waals surface area contributed by atoms with E-state index in [0.29, 0.717) is 11.5 Å². The Morgan fingerprint density at radius 1 is 1.33 bits per heavy atom. The van der Waals surface area contributed by atoms with Crippen LogP contribution in [-0.4, -0.2) is 38.5 Å². The largest absolute Gasteiger partial charge is 0.385 e. The maximum atomic E-state index is 5.82. The molecule has 1 aliphatic heterocycles. The lowest BCUT2D eigenvalue weighted by molar-refractivity contribution is 0.0524. The average molecular weight is 257 g/mol. The van der Waals surface area contributed by atoms with E-state index in [9.17, 15) is 0 Å². The molecular weight excluding hydrogens is 226 g/mol. The van der Waals surface area contributed by atoms with Gasteiger partial charge in [0.25, 0.3) is 0 Å². The number of methoxy groups -OCH3 is 1. The van der Waals surface area contributed by atoms with E-state index < -0.39 is 0 Å². The molecule has 0 aromatic rings. The molecule has 2 unspecified atom stereocenters. The highest BCUT2D eigenvalue weighted by Crippen LogP contribution is 2.39. The minimum atomic E-state index is 0.182. The summed E-state index contributed by atoms with van der Waals surface area (Å²) < 4.78 is 11.0. The quantitative estimate of drug-likeness (QED) is 0.711. The Morgan fingerprint density at radius 2 is 2.06 bits per heavy atom. The molecular formula is C15H31NO2. The minimum Gasteiger partial charge on any atom is -0.385 e. The van der Waals surface area contributed by atoms with E-state index in [1.807, 2.05) is 0 Å². The molecule has 18 heavy (non-hydrogen) atoms. The molecule has 0 aromatic carbocycles. The van der Waals surface area contributed by atoms with Gasteiger partial charge in [0.15, 0.2) is 0 Å². The van der Waals surface area contributed by atoms with Crippen LogP contribution in [0.3, 0.4) is 0 Å². The van der Waals surface area contributed by atoms with Crippen LogP contribution in [0, 0.1) is 5.41 Å². The van der Waals surface area contributed by atoms with E-state index in [2.05, 4.69) is 33.0 Å². The third-order valence-electron chi connectivity index (χ3n) is 4.07. The van der Waals surface area contributed by atoms with Crippen LogP contribution in [0.2, 0.25) is 0 Å². The zero-order valence-corrected chi connectivity index (χ0v) is 12.8. The Morgan fingerprint density at radius 3 is 2.56 bits per heavy atom.